The predicted octanol–water partition coefficient (Wildman–Crippen LogP) is 7.06. The summed E-state index contributed by atoms with van der Waals surface area (Å²) in [5, 5.41) is 27.8. The van der Waals surface area contributed by atoms with Gasteiger partial charge in [-0.15, -0.1) is 0 Å². The summed E-state index contributed by atoms with van der Waals surface area (Å²) in [6, 6.07) is 14.9. The summed E-state index contributed by atoms with van der Waals surface area (Å²) in [5.74, 6) is -0.169. The van der Waals surface area contributed by atoms with E-state index in [0.29, 0.717) is 17.7 Å². The molecule has 0 atom stereocenters. The van der Waals surface area contributed by atoms with Gasteiger partial charge < -0.3 is 25.6 Å². The SMILES string of the molecule is C1=CCC2=C(C1)Cc1ccccc1C2.CCn1cnc2c(=O)[nH]c(N)nc21.CO.F[P-](F)(F)(F)(F)F.[O-]c1cccnc1-c1ncccc1O.[Ru+2]. The van der Waals surface area contributed by atoms with Crippen molar-refractivity contribution in [1.82, 2.24) is 29.5 Å². The number of benzene rings is 1. The van der Waals surface area contributed by atoms with Crippen LogP contribution in [0, 0.1) is 0 Å². The van der Waals surface area contributed by atoms with Crippen LogP contribution < -0.4 is 16.4 Å². The van der Waals surface area contributed by atoms with Gasteiger partial charge in [0, 0.05) is 26.0 Å². The number of aliphatic hydroxyl groups excluding tert-OH is 1. The number of nitrogens with one attached hydrogen (secondary N) is 1. The fourth-order valence-corrected chi connectivity index (χ4v) is 4.85. The Balaban J connectivity index is 0.000000236. The monoisotopic (exact) mass is 827 g/mol. The third-order valence-electron chi connectivity index (χ3n) is 6.94. The summed E-state index contributed by atoms with van der Waals surface area (Å²) in [6.45, 7) is 2.66. The molecule has 11 nitrogen and oxygen atoms in total. The first kappa shape index (κ1) is 42.5. The topological polar surface area (TPSA) is 179 Å². The number of nitrogens with zero attached hydrogens (tertiary/aromatic N) is 5. The number of pyridine rings is 2. The summed E-state index contributed by atoms with van der Waals surface area (Å²) in [7, 11) is -9.66. The molecule has 0 amide bonds. The van der Waals surface area contributed by atoms with Crippen LogP contribution in [0.25, 0.3) is 22.6 Å². The minimum Gasteiger partial charge on any atom is -0.871 e. The number of hydrogen-bond acceptors (Lipinski definition) is 9. The Morgan fingerprint density at radius 1 is 0.863 bits per heavy atom. The second-order valence-corrected chi connectivity index (χ2v) is 12.5. The van der Waals surface area contributed by atoms with Crippen molar-refractivity contribution >= 4 is 24.9 Å². The molecular weight excluding hydrogens is 792 g/mol. The van der Waals surface area contributed by atoms with Gasteiger partial charge in [-0.2, -0.15) is 4.98 Å². The fourth-order valence-electron chi connectivity index (χ4n) is 4.85. The average molecular weight is 827 g/mol. The molecule has 19 heteroatoms. The van der Waals surface area contributed by atoms with E-state index in [0.717, 1.165) is 7.11 Å². The molecule has 5 aromatic rings. The maximum absolute atomic E-state index is 11.4. The molecule has 4 heterocycles. The number of nitrogens with two attached hydrogens (primary N) is 1. The first-order valence-corrected chi connectivity index (χ1v) is 16.8. The van der Waals surface area contributed by atoms with Crippen LogP contribution in [-0.4, -0.2) is 46.8 Å². The minimum absolute atomic E-state index is 0. The van der Waals surface area contributed by atoms with E-state index in [9.17, 15) is 40.2 Å². The number of aromatic nitrogens is 6. The van der Waals surface area contributed by atoms with Gasteiger partial charge in [0.05, 0.1) is 12.0 Å². The molecule has 0 saturated heterocycles. The molecule has 0 spiro atoms. The fraction of sp³-hybridized carbons (Fsp3) is 0.219. The van der Waals surface area contributed by atoms with E-state index >= 15 is 0 Å². The van der Waals surface area contributed by atoms with Gasteiger partial charge in [0.1, 0.15) is 11.4 Å². The second-order valence-electron chi connectivity index (χ2n) is 10.5. The largest absolute Gasteiger partial charge is 2.00 e. The molecule has 4 aromatic heterocycles. The zero-order chi connectivity index (χ0) is 37.2. The summed E-state index contributed by atoms with van der Waals surface area (Å²) >= 11 is 0. The van der Waals surface area contributed by atoms with Crippen molar-refractivity contribution < 1.29 is 60.0 Å². The van der Waals surface area contributed by atoms with Gasteiger partial charge in [-0.25, -0.2) is 4.98 Å². The van der Waals surface area contributed by atoms with E-state index in [1.54, 1.807) is 45.3 Å². The summed E-state index contributed by atoms with van der Waals surface area (Å²) in [4.78, 5) is 29.4. The van der Waals surface area contributed by atoms with Crippen molar-refractivity contribution in [1.29, 1.82) is 0 Å². The van der Waals surface area contributed by atoms with Gasteiger partial charge in [0.15, 0.2) is 11.2 Å². The molecule has 7 rings (SSSR count). The number of anilines is 1. The Bertz CT molecular complexity index is 1960. The van der Waals surface area contributed by atoms with Crippen LogP contribution in [0.5, 0.6) is 11.5 Å². The third-order valence-corrected chi connectivity index (χ3v) is 6.94. The number of hydrogen-bond donors (Lipinski definition) is 4. The molecule has 0 saturated carbocycles. The van der Waals surface area contributed by atoms with E-state index in [1.165, 1.54) is 50.2 Å². The first-order chi connectivity index (χ1) is 23.4. The molecule has 0 radical (unpaired) electrons. The van der Waals surface area contributed by atoms with E-state index in [1.807, 2.05) is 6.92 Å². The van der Waals surface area contributed by atoms with Crippen molar-refractivity contribution in [2.75, 3.05) is 12.8 Å². The zero-order valence-corrected chi connectivity index (χ0v) is 29.8. The van der Waals surface area contributed by atoms with Crippen LogP contribution in [0.15, 0.2) is 95.3 Å². The second kappa shape index (κ2) is 17.0. The van der Waals surface area contributed by atoms with E-state index in [-0.39, 0.29) is 53.9 Å². The normalized spacial score (nSPS) is 14.1. The maximum Gasteiger partial charge on any atom is 2.00 e. The van der Waals surface area contributed by atoms with Crippen LogP contribution in [0.3, 0.4) is 0 Å². The first-order valence-electron chi connectivity index (χ1n) is 14.8. The number of aromatic amines is 1. The molecule has 0 unspecified atom stereocenters. The maximum atomic E-state index is 11.4. The number of fused-ring (bicyclic) bond motifs is 2. The van der Waals surface area contributed by atoms with E-state index in [2.05, 4.69) is 61.3 Å². The Morgan fingerprint density at radius 2 is 1.37 bits per heavy atom. The third kappa shape index (κ3) is 13.9. The van der Waals surface area contributed by atoms with Gasteiger partial charge in [-0.3, -0.25) is 19.7 Å². The van der Waals surface area contributed by atoms with Crippen LogP contribution in [-0.2, 0) is 38.9 Å². The number of aliphatic hydroxyl groups is 1. The number of nitrogen functional groups attached to an aromatic ring is 1. The number of rotatable bonds is 2. The predicted molar refractivity (Wildman–Crippen MR) is 178 cm³/mol. The van der Waals surface area contributed by atoms with E-state index < -0.39 is 7.81 Å². The average Bonchev–Trinajstić information content (AvgIpc) is 3.48. The Labute approximate surface area is 300 Å². The van der Waals surface area contributed by atoms with Crippen molar-refractivity contribution in [2.45, 2.75) is 39.2 Å². The van der Waals surface area contributed by atoms with E-state index in [4.69, 9.17) is 10.8 Å². The molecule has 2 aliphatic carbocycles. The molecule has 0 aliphatic heterocycles. The summed E-state index contributed by atoms with van der Waals surface area (Å²) < 4.78 is 61.0. The molecule has 5 N–H and O–H groups in total. The molecule has 276 valence electrons. The van der Waals surface area contributed by atoms with Crippen molar-refractivity contribution in [3.63, 3.8) is 0 Å². The summed E-state index contributed by atoms with van der Waals surface area (Å²) in [5.41, 5.74) is 12.8. The van der Waals surface area contributed by atoms with Gasteiger partial charge >= 0.3 is 52.5 Å². The minimum atomic E-state index is -10.7. The van der Waals surface area contributed by atoms with Crippen LogP contribution in [0.4, 0.5) is 31.1 Å². The number of aryl methyl sites for hydroxylation is 1. The standard InChI is InChI=1S/C14H14.C10H8N2O2.C7H9N5O.CH4O.F6P.Ru/c1-2-6-12-10-14-8-4-3-7-13(14)9-11(12)5-1;13-7-3-1-5-11-9(7)10-8(14)4-2-6-12-10;1-2-12-3-9-4-5(12)10-7(8)11-6(4)13;1-2;1-7(2,3,4,5)6;/h1-6H,7-10H2;1-6,13-14H;3H,2H2,1H3,(H3,8,10,11,13);2H,1H3;;/q;;;;-1;+2/p-1. The van der Waals surface area contributed by atoms with Crippen LogP contribution >= 0.6 is 7.81 Å². The van der Waals surface area contributed by atoms with Crippen molar-refractivity contribution in [3.05, 3.63) is 112 Å². The van der Waals surface area contributed by atoms with Gasteiger partial charge in [-0.05, 0) is 61.9 Å². The number of allylic oxidation sites excluding steroid dienone is 4. The quantitative estimate of drug-likeness (QED) is 0.0628. The van der Waals surface area contributed by atoms with Crippen molar-refractivity contribution in [3.8, 4) is 22.9 Å². The van der Waals surface area contributed by atoms with Crippen LogP contribution in [0.2, 0.25) is 0 Å². The van der Waals surface area contributed by atoms with Gasteiger partial charge in [0.25, 0.3) is 5.56 Å². The smallest absolute Gasteiger partial charge is 0.871 e. The molecule has 51 heavy (non-hydrogen) atoms. The molecule has 0 fully saturated rings. The zero-order valence-electron chi connectivity index (χ0n) is 27.1. The van der Waals surface area contributed by atoms with Gasteiger partial charge in [0.2, 0.25) is 5.95 Å². The number of H-pyrrole nitrogens is 1. The summed E-state index contributed by atoms with van der Waals surface area (Å²) in [6.07, 6.45) is 13.9. The van der Waals surface area contributed by atoms with Gasteiger partial charge in [-0.1, -0.05) is 59.4 Å². The number of imidazole rings is 1. The molecule has 2 aliphatic rings. The Kier molecular flexibility index (Phi) is 14.2. The molecule has 1 aromatic carbocycles. The van der Waals surface area contributed by atoms with Crippen LogP contribution in [0.1, 0.15) is 30.9 Å². The number of halogens is 6. The van der Waals surface area contributed by atoms with Crippen molar-refractivity contribution in [2.24, 2.45) is 0 Å². The Morgan fingerprint density at radius 3 is 1.86 bits per heavy atom. The molecule has 0 bridgehead atoms. The number of aromatic hydroxyl groups is 1. The Hall–Kier alpha value is -4.66. The molecular formula is C32H34F6N7O4PRu.